The van der Waals surface area contributed by atoms with Gasteiger partial charge in [-0.25, -0.2) is 19.2 Å². The van der Waals surface area contributed by atoms with Gasteiger partial charge in [-0.15, -0.1) is 0 Å². The molecule has 2 aromatic rings. The molecular weight excluding hydrogens is 325 g/mol. The minimum absolute atomic E-state index is 0.234. The van der Waals surface area contributed by atoms with Crippen LogP contribution in [0.25, 0.3) is 11.4 Å². The zero-order valence-electron chi connectivity index (χ0n) is 14.0. The van der Waals surface area contributed by atoms with Crippen LogP contribution in [0.3, 0.4) is 0 Å². The van der Waals surface area contributed by atoms with Crippen molar-refractivity contribution >= 4 is 11.8 Å². The maximum atomic E-state index is 14.2. The van der Waals surface area contributed by atoms with Gasteiger partial charge in [-0.3, -0.25) is 0 Å². The van der Waals surface area contributed by atoms with E-state index in [2.05, 4.69) is 9.97 Å². The van der Waals surface area contributed by atoms with E-state index in [1.54, 1.807) is 36.3 Å². The summed E-state index contributed by atoms with van der Waals surface area (Å²) in [5.41, 5.74) is 0.867. The monoisotopic (exact) mass is 345 g/mol. The summed E-state index contributed by atoms with van der Waals surface area (Å²) in [6, 6.07) is 7.36. The van der Waals surface area contributed by atoms with E-state index in [1.807, 2.05) is 0 Å². The van der Waals surface area contributed by atoms with Gasteiger partial charge in [0.25, 0.3) is 0 Å². The summed E-state index contributed by atoms with van der Waals surface area (Å²) < 4.78 is 19.3. The van der Waals surface area contributed by atoms with Gasteiger partial charge in [0.15, 0.2) is 5.82 Å². The van der Waals surface area contributed by atoms with Crippen molar-refractivity contribution in [3.63, 3.8) is 0 Å². The van der Waals surface area contributed by atoms with Crippen molar-refractivity contribution in [2.75, 3.05) is 18.6 Å². The highest BCUT2D eigenvalue weighted by atomic mass is 19.1. The molecule has 1 saturated heterocycles. The molecule has 0 aliphatic carbocycles. The van der Waals surface area contributed by atoms with Crippen LogP contribution < -0.4 is 4.90 Å². The predicted octanol–water partition coefficient (Wildman–Crippen LogP) is 2.87. The van der Waals surface area contributed by atoms with E-state index in [0.717, 1.165) is 12.8 Å². The Morgan fingerprint density at radius 2 is 2.16 bits per heavy atom. The van der Waals surface area contributed by atoms with Crippen LogP contribution in [0.15, 0.2) is 30.3 Å². The number of carboxylic acids is 1. The van der Waals surface area contributed by atoms with Crippen molar-refractivity contribution in [3.05, 3.63) is 41.8 Å². The molecule has 0 amide bonds. The molecule has 3 rings (SSSR count). The number of carbonyl (C=O) groups is 1. The molecule has 1 atom stereocenters. The standard InChI is InChI=1S/C18H20FN3O3/c1-25-11-12-10-16(22-9-5-4-8-15(22)18(23)24)21-17(20-12)13-6-2-3-7-14(13)19/h2-3,6-7,10,15H,4-5,8-9,11H2,1H3,(H,23,24). The van der Waals surface area contributed by atoms with Crippen molar-refractivity contribution in [1.82, 2.24) is 9.97 Å². The van der Waals surface area contributed by atoms with Crippen molar-refractivity contribution in [1.29, 1.82) is 0 Å². The quantitative estimate of drug-likeness (QED) is 0.898. The highest BCUT2D eigenvalue weighted by molar-refractivity contribution is 5.78. The molecule has 2 heterocycles. The van der Waals surface area contributed by atoms with E-state index in [1.165, 1.54) is 6.07 Å². The lowest BCUT2D eigenvalue weighted by atomic mass is 10.0. The molecule has 25 heavy (non-hydrogen) atoms. The summed E-state index contributed by atoms with van der Waals surface area (Å²) in [5.74, 6) is -0.569. The third kappa shape index (κ3) is 3.76. The zero-order chi connectivity index (χ0) is 17.8. The molecular formula is C18H20FN3O3. The number of halogens is 1. The Bertz CT molecular complexity index is 769. The minimum atomic E-state index is -0.876. The van der Waals surface area contributed by atoms with Crippen molar-refractivity contribution in [2.24, 2.45) is 0 Å². The van der Waals surface area contributed by atoms with Crippen LogP contribution >= 0.6 is 0 Å². The molecule has 1 unspecified atom stereocenters. The Balaban J connectivity index is 2.07. The third-order valence-electron chi connectivity index (χ3n) is 4.25. The van der Waals surface area contributed by atoms with E-state index in [9.17, 15) is 14.3 Å². The van der Waals surface area contributed by atoms with Crippen LogP contribution in [0.1, 0.15) is 25.0 Å². The predicted molar refractivity (Wildman–Crippen MR) is 90.8 cm³/mol. The van der Waals surface area contributed by atoms with Gasteiger partial charge in [-0.05, 0) is 31.4 Å². The Morgan fingerprint density at radius 3 is 2.88 bits per heavy atom. The molecule has 0 bridgehead atoms. The molecule has 1 fully saturated rings. The molecule has 132 valence electrons. The topological polar surface area (TPSA) is 75.5 Å². The van der Waals surface area contributed by atoms with Crippen LogP contribution in [0.2, 0.25) is 0 Å². The fourth-order valence-electron chi connectivity index (χ4n) is 3.08. The van der Waals surface area contributed by atoms with Gasteiger partial charge in [-0.1, -0.05) is 12.1 Å². The number of aliphatic carboxylic acids is 1. The van der Waals surface area contributed by atoms with Crippen molar-refractivity contribution in [2.45, 2.75) is 31.9 Å². The number of piperidine rings is 1. The van der Waals surface area contributed by atoms with Gasteiger partial charge in [0.1, 0.15) is 17.7 Å². The first-order chi connectivity index (χ1) is 12.1. The second kappa shape index (κ2) is 7.57. The first-order valence-corrected chi connectivity index (χ1v) is 8.21. The average molecular weight is 345 g/mol. The Kier molecular flexibility index (Phi) is 5.23. The number of benzene rings is 1. The average Bonchev–Trinajstić information content (AvgIpc) is 2.62. The van der Waals surface area contributed by atoms with E-state index in [0.29, 0.717) is 24.5 Å². The van der Waals surface area contributed by atoms with Crippen LogP contribution in [0.4, 0.5) is 10.2 Å². The first kappa shape index (κ1) is 17.3. The van der Waals surface area contributed by atoms with Crippen LogP contribution in [0, 0.1) is 5.82 Å². The van der Waals surface area contributed by atoms with Crippen LogP contribution in [0.5, 0.6) is 0 Å². The zero-order valence-corrected chi connectivity index (χ0v) is 14.0. The number of hydrogen-bond donors (Lipinski definition) is 1. The van der Waals surface area contributed by atoms with Crippen molar-refractivity contribution < 1.29 is 19.0 Å². The Morgan fingerprint density at radius 1 is 1.36 bits per heavy atom. The van der Waals surface area contributed by atoms with E-state index in [4.69, 9.17) is 4.74 Å². The summed E-state index contributed by atoms with van der Waals surface area (Å²) in [4.78, 5) is 22.2. The van der Waals surface area contributed by atoms with Gasteiger partial charge in [-0.2, -0.15) is 0 Å². The number of hydrogen-bond acceptors (Lipinski definition) is 5. The molecule has 1 N–H and O–H groups in total. The minimum Gasteiger partial charge on any atom is -0.480 e. The number of aromatic nitrogens is 2. The summed E-state index contributed by atoms with van der Waals surface area (Å²) in [5, 5.41) is 9.50. The van der Waals surface area contributed by atoms with E-state index in [-0.39, 0.29) is 18.0 Å². The second-order valence-corrected chi connectivity index (χ2v) is 6.00. The lowest BCUT2D eigenvalue weighted by Crippen LogP contribution is -2.45. The molecule has 1 aliphatic rings. The van der Waals surface area contributed by atoms with Gasteiger partial charge in [0.2, 0.25) is 0 Å². The fourth-order valence-corrected chi connectivity index (χ4v) is 3.08. The highest BCUT2D eigenvalue weighted by Gasteiger charge is 2.30. The van der Waals surface area contributed by atoms with Crippen LogP contribution in [-0.4, -0.2) is 40.7 Å². The number of carboxylic acid groups (broad SMARTS) is 1. The largest absolute Gasteiger partial charge is 0.480 e. The first-order valence-electron chi connectivity index (χ1n) is 8.21. The fraction of sp³-hybridized carbons (Fsp3) is 0.389. The molecule has 1 aliphatic heterocycles. The molecule has 1 aromatic carbocycles. The molecule has 1 aromatic heterocycles. The smallest absolute Gasteiger partial charge is 0.326 e. The second-order valence-electron chi connectivity index (χ2n) is 6.00. The number of methoxy groups -OCH3 is 1. The summed E-state index contributed by atoms with van der Waals surface area (Å²) in [7, 11) is 1.55. The summed E-state index contributed by atoms with van der Waals surface area (Å²) in [6.07, 6.45) is 2.32. The number of nitrogens with zero attached hydrogens (tertiary/aromatic N) is 3. The lowest BCUT2D eigenvalue weighted by molar-refractivity contribution is -0.139. The van der Waals surface area contributed by atoms with Gasteiger partial charge in [0.05, 0.1) is 17.9 Å². The number of rotatable bonds is 5. The van der Waals surface area contributed by atoms with E-state index < -0.39 is 17.8 Å². The molecule has 6 nitrogen and oxygen atoms in total. The number of ether oxygens (including phenoxy) is 1. The molecule has 7 heteroatoms. The van der Waals surface area contributed by atoms with Gasteiger partial charge >= 0.3 is 5.97 Å². The molecule has 0 spiro atoms. The van der Waals surface area contributed by atoms with E-state index >= 15 is 0 Å². The molecule has 0 radical (unpaired) electrons. The van der Waals surface area contributed by atoms with Gasteiger partial charge < -0.3 is 14.7 Å². The van der Waals surface area contributed by atoms with Crippen molar-refractivity contribution in [3.8, 4) is 11.4 Å². The normalized spacial score (nSPS) is 17.5. The maximum Gasteiger partial charge on any atom is 0.326 e. The highest BCUT2D eigenvalue weighted by Crippen LogP contribution is 2.27. The molecule has 0 saturated carbocycles. The van der Waals surface area contributed by atoms with Crippen LogP contribution in [-0.2, 0) is 16.1 Å². The lowest BCUT2D eigenvalue weighted by Gasteiger charge is -2.34. The maximum absolute atomic E-state index is 14.2. The third-order valence-corrected chi connectivity index (χ3v) is 4.25. The number of anilines is 1. The Labute approximate surface area is 145 Å². The summed E-state index contributed by atoms with van der Waals surface area (Å²) in [6.45, 7) is 0.833. The van der Waals surface area contributed by atoms with Gasteiger partial charge in [0, 0.05) is 19.7 Å². The summed E-state index contributed by atoms with van der Waals surface area (Å²) >= 11 is 0. The SMILES string of the molecule is COCc1cc(N2CCCCC2C(=O)O)nc(-c2ccccc2F)n1. The Hall–Kier alpha value is -2.54.